The molecule has 1 aromatic carbocycles. The summed E-state index contributed by atoms with van der Waals surface area (Å²) in [6.45, 7) is 0.560. The van der Waals surface area contributed by atoms with E-state index in [1.54, 1.807) is 18.2 Å². The first kappa shape index (κ1) is 9.73. The molecule has 2 aromatic rings. The van der Waals surface area contributed by atoms with E-state index in [1.807, 2.05) is 6.20 Å². The quantitative estimate of drug-likeness (QED) is 0.706. The number of H-pyrrole nitrogens is 1. The van der Waals surface area contributed by atoms with Gasteiger partial charge < -0.3 is 15.8 Å². The van der Waals surface area contributed by atoms with Gasteiger partial charge in [0.05, 0.1) is 5.56 Å². The molecule has 0 aliphatic rings. The minimum absolute atomic E-state index is 0.306. The van der Waals surface area contributed by atoms with E-state index in [1.165, 1.54) is 0 Å². The molecule has 0 atom stereocenters. The SMILES string of the molecule is NCCc1c[nH]c2ccc(C(=O)O)cc12. The molecule has 0 aliphatic heterocycles. The number of hydrogen-bond donors (Lipinski definition) is 3. The molecule has 0 saturated carbocycles. The van der Waals surface area contributed by atoms with Gasteiger partial charge in [-0.1, -0.05) is 0 Å². The Bertz CT molecular complexity index is 502. The Balaban J connectivity index is 2.56. The maximum atomic E-state index is 10.8. The summed E-state index contributed by atoms with van der Waals surface area (Å²) >= 11 is 0. The first-order chi connectivity index (χ1) is 7.22. The first-order valence-corrected chi connectivity index (χ1v) is 4.75. The smallest absolute Gasteiger partial charge is 0.335 e. The molecule has 1 aromatic heterocycles. The van der Waals surface area contributed by atoms with Gasteiger partial charge in [0, 0.05) is 17.1 Å². The molecule has 0 unspecified atom stereocenters. The molecule has 0 amide bonds. The van der Waals surface area contributed by atoms with Crippen molar-refractivity contribution < 1.29 is 9.90 Å². The topological polar surface area (TPSA) is 79.1 Å². The highest BCUT2D eigenvalue weighted by atomic mass is 16.4. The number of aromatic carboxylic acids is 1. The van der Waals surface area contributed by atoms with E-state index in [4.69, 9.17) is 10.8 Å². The van der Waals surface area contributed by atoms with Crippen LogP contribution in [0.25, 0.3) is 10.9 Å². The van der Waals surface area contributed by atoms with Crippen LogP contribution in [0.1, 0.15) is 15.9 Å². The summed E-state index contributed by atoms with van der Waals surface area (Å²) in [5.41, 5.74) is 7.80. The highest BCUT2D eigenvalue weighted by molar-refractivity contribution is 5.94. The van der Waals surface area contributed by atoms with Crippen molar-refractivity contribution in [3.63, 3.8) is 0 Å². The summed E-state index contributed by atoms with van der Waals surface area (Å²) in [6, 6.07) is 5.05. The van der Waals surface area contributed by atoms with Gasteiger partial charge >= 0.3 is 5.97 Å². The van der Waals surface area contributed by atoms with E-state index >= 15 is 0 Å². The molecule has 15 heavy (non-hydrogen) atoms. The molecule has 0 radical (unpaired) electrons. The monoisotopic (exact) mass is 204 g/mol. The Morgan fingerprint density at radius 3 is 2.93 bits per heavy atom. The Kier molecular flexibility index (Phi) is 2.43. The molecule has 4 N–H and O–H groups in total. The predicted octanol–water partition coefficient (Wildman–Crippen LogP) is 1.37. The van der Waals surface area contributed by atoms with Crippen LogP contribution in [0, 0.1) is 0 Å². The van der Waals surface area contributed by atoms with Gasteiger partial charge in [0.15, 0.2) is 0 Å². The first-order valence-electron chi connectivity index (χ1n) is 4.75. The number of carboxylic acid groups (broad SMARTS) is 1. The Hall–Kier alpha value is -1.81. The zero-order chi connectivity index (χ0) is 10.8. The predicted molar refractivity (Wildman–Crippen MR) is 58.0 cm³/mol. The second-order valence-electron chi connectivity index (χ2n) is 3.42. The van der Waals surface area contributed by atoms with Crippen LogP contribution in [-0.4, -0.2) is 22.6 Å². The summed E-state index contributed by atoms with van der Waals surface area (Å²) in [5.74, 6) is -0.906. The van der Waals surface area contributed by atoms with E-state index in [-0.39, 0.29) is 0 Å². The molecular weight excluding hydrogens is 192 g/mol. The van der Waals surface area contributed by atoms with Crippen molar-refractivity contribution in [2.24, 2.45) is 5.73 Å². The largest absolute Gasteiger partial charge is 0.478 e. The lowest BCUT2D eigenvalue weighted by Gasteiger charge is -1.98. The van der Waals surface area contributed by atoms with Crippen LogP contribution >= 0.6 is 0 Å². The van der Waals surface area contributed by atoms with Gasteiger partial charge in [0.2, 0.25) is 0 Å². The molecular formula is C11H12N2O2. The van der Waals surface area contributed by atoms with Crippen LogP contribution in [-0.2, 0) is 6.42 Å². The van der Waals surface area contributed by atoms with Crippen molar-refractivity contribution in [1.82, 2.24) is 4.98 Å². The van der Waals surface area contributed by atoms with Crippen LogP contribution < -0.4 is 5.73 Å². The van der Waals surface area contributed by atoms with Crippen LogP contribution in [0.2, 0.25) is 0 Å². The Labute approximate surface area is 86.7 Å². The summed E-state index contributed by atoms with van der Waals surface area (Å²) in [7, 11) is 0. The van der Waals surface area contributed by atoms with Crippen LogP contribution in [0.5, 0.6) is 0 Å². The maximum Gasteiger partial charge on any atom is 0.335 e. The number of nitrogens with two attached hydrogens (primary N) is 1. The van der Waals surface area contributed by atoms with Gasteiger partial charge in [-0.25, -0.2) is 4.79 Å². The number of carbonyl (C=O) groups is 1. The molecule has 0 aliphatic carbocycles. The van der Waals surface area contributed by atoms with E-state index < -0.39 is 5.97 Å². The maximum absolute atomic E-state index is 10.8. The molecule has 0 fully saturated rings. The van der Waals surface area contributed by atoms with Crippen molar-refractivity contribution in [3.8, 4) is 0 Å². The normalized spacial score (nSPS) is 10.7. The molecule has 0 spiro atoms. The van der Waals surface area contributed by atoms with Crippen LogP contribution in [0.15, 0.2) is 24.4 Å². The Morgan fingerprint density at radius 1 is 1.47 bits per heavy atom. The fraction of sp³-hybridized carbons (Fsp3) is 0.182. The molecule has 0 saturated heterocycles. The van der Waals surface area contributed by atoms with E-state index in [9.17, 15) is 4.79 Å². The lowest BCUT2D eigenvalue weighted by molar-refractivity contribution is 0.0697. The fourth-order valence-corrected chi connectivity index (χ4v) is 1.67. The van der Waals surface area contributed by atoms with E-state index in [0.29, 0.717) is 12.1 Å². The summed E-state index contributed by atoms with van der Waals surface area (Å²) < 4.78 is 0. The van der Waals surface area contributed by atoms with Gasteiger partial charge in [-0.15, -0.1) is 0 Å². The van der Waals surface area contributed by atoms with Crippen LogP contribution in [0.3, 0.4) is 0 Å². The third kappa shape index (κ3) is 1.71. The molecule has 4 heteroatoms. The number of nitrogens with one attached hydrogen (secondary N) is 1. The lowest BCUT2D eigenvalue weighted by atomic mass is 10.1. The van der Waals surface area contributed by atoms with Crippen molar-refractivity contribution in [2.45, 2.75) is 6.42 Å². The molecule has 78 valence electrons. The number of fused-ring (bicyclic) bond motifs is 1. The van der Waals surface area contributed by atoms with Crippen molar-refractivity contribution >= 4 is 16.9 Å². The van der Waals surface area contributed by atoms with Crippen molar-refractivity contribution in [2.75, 3.05) is 6.54 Å². The molecule has 1 heterocycles. The van der Waals surface area contributed by atoms with Gasteiger partial charge in [-0.3, -0.25) is 0 Å². The third-order valence-electron chi connectivity index (χ3n) is 2.43. The highest BCUT2D eigenvalue weighted by Gasteiger charge is 2.07. The van der Waals surface area contributed by atoms with Gasteiger partial charge in [0.25, 0.3) is 0 Å². The second-order valence-corrected chi connectivity index (χ2v) is 3.42. The van der Waals surface area contributed by atoms with E-state index in [2.05, 4.69) is 4.98 Å². The standard InChI is InChI=1S/C11H12N2O2/c12-4-3-8-6-13-10-2-1-7(11(14)15)5-9(8)10/h1-2,5-6,13H,3-4,12H2,(H,14,15). The minimum atomic E-state index is -0.906. The number of rotatable bonds is 3. The van der Waals surface area contributed by atoms with E-state index in [0.717, 1.165) is 22.9 Å². The second kappa shape index (κ2) is 3.74. The molecule has 0 bridgehead atoms. The fourth-order valence-electron chi connectivity index (χ4n) is 1.67. The van der Waals surface area contributed by atoms with Crippen molar-refractivity contribution in [3.05, 3.63) is 35.5 Å². The summed E-state index contributed by atoms with van der Waals surface area (Å²) in [4.78, 5) is 13.9. The number of benzene rings is 1. The number of carboxylic acids is 1. The Morgan fingerprint density at radius 2 is 2.27 bits per heavy atom. The summed E-state index contributed by atoms with van der Waals surface area (Å²) in [6.07, 6.45) is 2.63. The van der Waals surface area contributed by atoms with Crippen molar-refractivity contribution in [1.29, 1.82) is 0 Å². The highest BCUT2D eigenvalue weighted by Crippen LogP contribution is 2.20. The van der Waals surface area contributed by atoms with Gasteiger partial charge in [0.1, 0.15) is 0 Å². The number of aromatic nitrogens is 1. The van der Waals surface area contributed by atoms with Gasteiger partial charge in [-0.05, 0) is 36.7 Å². The molecule has 4 nitrogen and oxygen atoms in total. The number of aromatic amines is 1. The van der Waals surface area contributed by atoms with Crippen LogP contribution in [0.4, 0.5) is 0 Å². The zero-order valence-corrected chi connectivity index (χ0v) is 8.16. The summed E-state index contributed by atoms with van der Waals surface area (Å²) in [5, 5.41) is 9.81. The lowest BCUT2D eigenvalue weighted by Crippen LogP contribution is -2.02. The average Bonchev–Trinajstić information content (AvgIpc) is 2.61. The third-order valence-corrected chi connectivity index (χ3v) is 2.43. The van der Waals surface area contributed by atoms with Gasteiger partial charge in [-0.2, -0.15) is 0 Å². The molecule has 2 rings (SSSR count). The number of hydrogen-bond acceptors (Lipinski definition) is 2. The average molecular weight is 204 g/mol. The zero-order valence-electron chi connectivity index (χ0n) is 8.16. The minimum Gasteiger partial charge on any atom is -0.478 e.